The molecule has 27 heavy (non-hydrogen) atoms. The van der Waals surface area contributed by atoms with Gasteiger partial charge in [-0.05, 0) is 64.6 Å². The van der Waals surface area contributed by atoms with Gasteiger partial charge in [-0.1, -0.05) is 0 Å². The van der Waals surface area contributed by atoms with Gasteiger partial charge in [0.15, 0.2) is 5.82 Å². The number of piperidine rings is 1. The Morgan fingerprint density at radius 3 is 2.67 bits per heavy atom. The first-order chi connectivity index (χ1) is 13.2. The van der Waals surface area contributed by atoms with Crippen molar-refractivity contribution in [2.45, 2.75) is 51.5 Å². The fourth-order valence-electron chi connectivity index (χ4n) is 4.03. The quantitative estimate of drug-likeness (QED) is 0.767. The first-order valence-corrected chi connectivity index (χ1v) is 10.5. The SMILES string of the molecule is COCCN1CCC(c2cc3c(ncn3C(C)C)c(NCC3CC3)n2)CC1. The average Bonchev–Trinajstić information content (AvgIpc) is 3.41. The Morgan fingerprint density at radius 2 is 2.00 bits per heavy atom. The first kappa shape index (κ1) is 18.7. The number of fused-ring (bicyclic) bond motifs is 1. The van der Waals surface area contributed by atoms with E-state index >= 15 is 0 Å². The molecule has 1 aliphatic carbocycles. The van der Waals surface area contributed by atoms with Crippen LogP contribution in [0.25, 0.3) is 11.0 Å². The van der Waals surface area contributed by atoms with Crippen LogP contribution >= 0.6 is 0 Å². The molecule has 1 saturated heterocycles. The molecule has 6 heteroatoms. The second-order valence-electron chi connectivity index (χ2n) is 8.44. The number of nitrogens with zero attached hydrogens (tertiary/aromatic N) is 4. The van der Waals surface area contributed by atoms with Crippen LogP contribution in [-0.2, 0) is 4.74 Å². The largest absolute Gasteiger partial charge is 0.383 e. The Hall–Kier alpha value is -1.66. The maximum atomic E-state index is 5.23. The number of imidazole rings is 1. The zero-order valence-corrected chi connectivity index (χ0v) is 16.9. The molecule has 1 N–H and O–H groups in total. The normalized spacial score (nSPS) is 19.3. The van der Waals surface area contributed by atoms with Crippen molar-refractivity contribution in [3.05, 3.63) is 18.1 Å². The predicted molar refractivity (Wildman–Crippen MR) is 109 cm³/mol. The molecule has 148 valence electrons. The van der Waals surface area contributed by atoms with Crippen molar-refractivity contribution < 1.29 is 4.74 Å². The van der Waals surface area contributed by atoms with E-state index in [0.29, 0.717) is 12.0 Å². The van der Waals surface area contributed by atoms with Crippen LogP contribution in [0.3, 0.4) is 0 Å². The predicted octanol–water partition coefficient (Wildman–Crippen LogP) is 3.66. The molecular formula is C21H33N5O. The van der Waals surface area contributed by atoms with E-state index in [0.717, 1.165) is 50.0 Å². The molecular weight excluding hydrogens is 338 g/mol. The van der Waals surface area contributed by atoms with Gasteiger partial charge in [-0.3, -0.25) is 0 Å². The van der Waals surface area contributed by atoms with E-state index in [2.05, 4.69) is 39.7 Å². The van der Waals surface area contributed by atoms with Gasteiger partial charge in [0.25, 0.3) is 0 Å². The molecule has 3 heterocycles. The number of hydrogen-bond acceptors (Lipinski definition) is 5. The Labute approximate surface area is 162 Å². The van der Waals surface area contributed by atoms with Crippen molar-refractivity contribution in [3.63, 3.8) is 0 Å². The summed E-state index contributed by atoms with van der Waals surface area (Å²) in [4.78, 5) is 12.2. The zero-order chi connectivity index (χ0) is 18.8. The van der Waals surface area contributed by atoms with Gasteiger partial charge in [-0.25, -0.2) is 9.97 Å². The fourth-order valence-corrected chi connectivity index (χ4v) is 4.03. The number of ether oxygens (including phenoxy) is 1. The number of pyridine rings is 1. The molecule has 2 fully saturated rings. The summed E-state index contributed by atoms with van der Waals surface area (Å²) in [5.41, 5.74) is 3.47. The highest BCUT2D eigenvalue weighted by Gasteiger charge is 2.25. The van der Waals surface area contributed by atoms with E-state index in [1.54, 1.807) is 7.11 Å². The van der Waals surface area contributed by atoms with Crippen LogP contribution in [0.15, 0.2) is 12.4 Å². The van der Waals surface area contributed by atoms with Crippen molar-refractivity contribution in [1.82, 2.24) is 19.4 Å². The van der Waals surface area contributed by atoms with Gasteiger partial charge in [0.2, 0.25) is 0 Å². The number of rotatable bonds is 8. The lowest BCUT2D eigenvalue weighted by atomic mass is 9.92. The topological polar surface area (TPSA) is 55.2 Å². The second-order valence-corrected chi connectivity index (χ2v) is 8.44. The molecule has 1 saturated carbocycles. The lowest BCUT2D eigenvalue weighted by molar-refractivity contribution is 0.130. The minimum atomic E-state index is 0.400. The summed E-state index contributed by atoms with van der Waals surface area (Å²) in [7, 11) is 1.78. The zero-order valence-electron chi connectivity index (χ0n) is 16.9. The minimum Gasteiger partial charge on any atom is -0.383 e. The molecule has 0 amide bonds. The van der Waals surface area contributed by atoms with Crippen LogP contribution in [0.4, 0.5) is 5.82 Å². The molecule has 0 spiro atoms. The van der Waals surface area contributed by atoms with Gasteiger partial charge in [-0.2, -0.15) is 0 Å². The van der Waals surface area contributed by atoms with E-state index < -0.39 is 0 Å². The number of anilines is 1. The minimum absolute atomic E-state index is 0.400. The van der Waals surface area contributed by atoms with Crippen molar-refractivity contribution >= 4 is 16.9 Å². The van der Waals surface area contributed by atoms with Gasteiger partial charge < -0.3 is 19.5 Å². The van der Waals surface area contributed by atoms with Gasteiger partial charge in [0, 0.05) is 37.9 Å². The molecule has 0 bridgehead atoms. The lowest BCUT2D eigenvalue weighted by Gasteiger charge is -2.31. The van der Waals surface area contributed by atoms with Crippen molar-refractivity contribution in [2.75, 3.05) is 45.2 Å². The molecule has 0 radical (unpaired) electrons. The molecule has 1 aliphatic heterocycles. The van der Waals surface area contributed by atoms with E-state index in [9.17, 15) is 0 Å². The number of hydrogen-bond donors (Lipinski definition) is 1. The maximum absolute atomic E-state index is 5.23. The third kappa shape index (κ3) is 4.27. The standard InChI is InChI=1S/C21H33N5O/c1-15(2)26-14-23-20-19(26)12-18(24-21(20)22-13-16-4-5-16)17-6-8-25(9-7-17)10-11-27-3/h12,14-17H,4-11,13H2,1-3H3,(H,22,24). The van der Waals surface area contributed by atoms with E-state index in [1.165, 1.54) is 36.9 Å². The molecule has 0 aromatic carbocycles. The Bertz CT molecular complexity index is 759. The molecule has 2 aromatic rings. The highest BCUT2D eigenvalue weighted by atomic mass is 16.5. The molecule has 6 nitrogen and oxygen atoms in total. The van der Waals surface area contributed by atoms with Crippen LogP contribution in [0.1, 0.15) is 57.2 Å². The Balaban J connectivity index is 1.57. The van der Waals surface area contributed by atoms with Gasteiger partial charge in [-0.15, -0.1) is 0 Å². The summed E-state index contributed by atoms with van der Waals surface area (Å²) in [5, 5.41) is 3.60. The number of aromatic nitrogens is 3. The second kappa shape index (κ2) is 8.15. The van der Waals surface area contributed by atoms with Crippen molar-refractivity contribution in [2.24, 2.45) is 5.92 Å². The summed E-state index contributed by atoms with van der Waals surface area (Å²) in [5.74, 6) is 2.34. The number of nitrogens with one attached hydrogen (secondary N) is 1. The highest BCUT2D eigenvalue weighted by molar-refractivity contribution is 5.86. The molecule has 2 aromatic heterocycles. The van der Waals surface area contributed by atoms with Crippen molar-refractivity contribution in [1.29, 1.82) is 0 Å². The van der Waals surface area contributed by atoms with Gasteiger partial charge in [0.05, 0.1) is 18.5 Å². The van der Waals surface area contributed by atoms with Gasteiger partial charge in [0.1, 0.15) is 5.52 Å². The van der Waals surface area contributed by atoms with E-state index in [4.69, 9.17) is 9.72 Å². The third-order valence-electron chi connectivity index (χ3n) is 6.01. The fraction of sp³-hybridized carbons (Fsp3) is 0.714. The first-order valence-electron chi connectivity index (χ1n) is 10.5. The Kier molecular flexibility index (Phi) is 5.64. The summed E-state index contributed by atoms with van der Waals surface area (Å²) < 4.78 is 7.50. The van der Waals surface area contributed by atoms with Crippen LogP contribution in [-0.4, -0.2) is 59.3 Å². The molecule has 2 aliphatic rings. The Morgan fingerprint density at radius 1 is 1.22 bits per heavy atom. The monoisotopic (exact) mass is 371 g/mol. The summed E-state index contributed by atoms with van der Waals surface area (Å²) in [6.07, 6.45) is 6.99. The van der Waals surface area contributed by atoms with Crippen LogP contribution in [0.5, 0.6) is 0 Å². The average molecular weight is 372 g/mol. The third-order valence-corrected chi connectivity index (χ3v) is 6.01. The number of methoxy groups -OCH3 is 1. The molecule has 4 rings (SSSR count). The smallest absolute Gasteiger partial charge is 0.154 e. The lowest BCUT2D eigenvalue weighted by Crippen LogP contribution is -2.35. The maximum Gasteiger partial charge on any atom is 0.154 e. The number of likely N-dealkylation sites (tertiary alicyclic amines) is 1. The molecule has 0 unspecified atom stereocenters. The van der Waals surface area contributed by atoms with Crippen LogP contribution < -0.4 is 5.32 Å². The summed E-state index contributed by atoms with van der Waals surface area (Å²) >= 11 is 0. The van der Waals surface area contributed by atoms with E-state index in [-0.39, 0.29) is 0 Å². The van der Waals surface area contributed by atoms with E-state index in [1.807, 2.05) is 6.33 Å². The van der Waals surface area contributed by atoms with Crippen LogP contribution in [0.2, 0.25) is 0 Å². The van der Waals surface area contributed by atoms with Crippen molar-refractivity contribution in [3.8, 4) is 0 Å². The summed E-state index contributed by atoms with van der Waals surface area (Å²) in [6.45, 7) is 9.56. The molecule has 0 atom stereocenters. The van der Waals surface area contributed by atoms with Crippen LogP contribution in [0, 0.1) is 5.92 Å². The summed E-state index contributed by atoms with van der Waals surface area (Å²) in [6, 6.07) is 2.69. The van der Waals surface area contributed by atoms with Gasteiger partial charge >= 0.3 is 0 Å². The highest BCUT2D eigenvalue weighted by Crippen LogP contribution is 2.33.